The molecule has 1 aromatic rings. The highest BCUT2D eigenvalue weighted by atomic mass is 16.5. The number of rotatable bonds is 20. The Hall–Kier alpha value is -3.22. The summed E-state index contributed by atoms with van der Waals surface area (Å²) in [7, 11) is 8.64. The summed E-state index contributed by atoms with van der Waals surface area (Å²) in [5.41, 5.74) is 7.57. The zero-order valence-corrected chi connectivity index (χ0v) is 33.4. The Bertz CT molecular complexity index is 1250. The molecule has 0 aliphatic carbocycles. The second-order valence-corrected chi connectivity index (χ2v) is 15.3. The van der Waals surface area contributed by atoms with E-state index in [1.807, 2.05) is 82.8 Å². The fraction of sp³-hybridized carbons (Fsp3) is 0.744. The molecule has 0 spiro atoms. The number of nitrogens with zero attached hydrogens (tertiary/aromatic N) is 3. The highest BCUT2D eigenvalue weighted by Gasteiger charge is 2.43. The van der Waals surface area contributed by atoms with Crippen LogP contribution in [0.15, 0.2) is 24.3 Å². The smallest absolute Gasteiger partial charge is 0.245 e. The predicted octanol–water partition coefficient (Wildman–Crippen LogP) is 3.57. The van der Waals surface area contributed by atoms with Crippen LogP contribution in [0.3, 0.4) is 0 Å². The maximum absolute atomic E-state index is 14.2. The monoisotopic (exact) mass is 717 g/mol. The van der Waals surface area contributed by atoms with Gasteiger partial charge in [0.1, 0.15) is 6.04 Å². The van der Waals surface area contributed by atoms with Crippen molar-refractivity contribution in [2.45, 2.75) is 117 Å². The maximum Gasteiger partial charge on any atom is 0.245 e. The number of nitrogen functional groups attached to an aromatic ring is 1. The zero-order valence-electron chi connectivity index (χ0n) is 33.4. The summed E-state index contributed by atoms with van der Waals surface area (Å²) >= 11 is 0. The molecule has 0 bridgehead atoms. The molecule has 0 aromatic heterocycles. The predicted molar refractivity (Wildman–Crippen MR) is 203 cm³/mol. The first kappa shape index (κ1) is 43.9. The lowest BCUT2D eigenvalue weighted by atomic mass is 9.89. The van der Waals surface area contributed by atoms with Crippen molar-refractivity contribution in [3.63, 3.8) is 0 Å². The molecule has 12 nitrogen and oxygen atoms in total. The molecule has 0 saturated carbocycles. The van der Waals surface area contributed by atoms with Crippen LogP contribution in [-0.4, -0.2) is 123 Å². The van der Waals surface area contributed by atoms with E-state index in [0.29, 0.717) is 25.2 Å². The average Bonchev–Trinajstić information content (AvgIpc) is 3.56. The lowest BCUT2D eigenvalue weighted by Gasteiger charge is -2.41. The van der Waals surface area contributed by atoms with Crippen molar-refractivity contribution >= 4 is 29.3 Å². The van der Waals surface area contributed by atoms with Gasteiger partial charge in [0.05, 0.1) is 42.7 Å². The van der Waals surface area contributed by atoms with Crippen LogP contribution in [0.5, 0.6) is 0 Å². The number of carbonyl (C=O) groups is 4. The highest BCUT2D eigenvalue weighted by Crippen LogP contribution is 2.29. The van der Waals surface area contributed by atoms with Crippen molar-refractivity contribution in [1.82, 2.24) is 25.3 Å². The number of anilines is 1. The summed E-state index contributed by atoms with van der Waals surface area (Å²) in [4.78, 5) is 60.3. The largest absolute Gasteiger partial charge is 0.399 e. The lowest BCUT2D eigenvalue weighted by Crippen LogP contribution is -2.59. The van der Waals surface area contributed by atoms with Crippen molar-refractivity contribution in [3.8, 4) is 0 Å². The van der Waals surface area contributed by atoms with Gasteiger partial charge in [-0.2, -0.15) is 0 Å². The molecule has 1 aliphatic heterocycles. The summed E-state index contributed by atoms with van der Waals surface area (Å²) in [5, 5.41) is 6.07. The molecule has 1 fully saturated rings. The number of hydrogen-bond acceptors (Lipinski definition) is 8. The standard InChI is InChI=1S/C39H68N6O6/c1-13-26(6)35(44(10)39(49)33(24(2)3)42-38(48)34(25(4)5)43(8)9)31(50-11)23-32(46)45-22-14-15-30(45)36(51-12)27(7)37(47)41-21-20-28-16-18-29(40)19-17-28/h16-19,24-27,30-31,33-36H,13-15,20-23,40H2,1-12H3,(H,41,47)(H,42,48)/t26-,27+,30-,31-,33-,34-,35-,36?/m0/s1. The fourth-order valence-electron chi connectivity index (χ4n) is 7.59. The Morgan fingerprint density at radius 2 is 1.57 bits per heavy atom. The number of hydrogen-bond donors (Lipinski definition) is 3. The van der Waals surface area contributed by atoms with Gasteiger partial charge >= 0.3 is 0 Å². The fourth-order valence-corrected chi connectivity index (χ4v) is 7.59. The Morgan fingerprint density at radius 1 is 0.941 bits per heavy atom. The normalized spacial score (nSPS) is 19.0. The molecule has 8 atom stereocenters. The summed E-state index contributed by atoms with van der Waals surface area (Å²) in [6.07, 6.45) is 1.93. The highest BCUT2D eigenvalue weighted by molar-refractivity contribution is 5.90. The van der Waals surface area contributed by atoms with Gasteiger partial charge in [-0.05, 0) is 68.8 Å². The first-order chi connectivity index (χ1) is 24.0. The molecule has 290 valence electrons. The molecule has 4 amide bonds. The maximum atomic E-state index is 14.2. The van der Waals surface area contributed by atoms with Crippen LogP contribution in [0.25, 0.3) is 0 Å². The van der Waals surface area contributed by atoms with E-state index in [1.54, 1.807) is 26.2 Å². The number of nitrogens with two attached hydrogens (primary N) is 1. The first-order valence-electron chi connectivity index (χ1n) is 18.7. The van der Waals surface area contributed by atoms with Crippen LogP contribution >= 0.6 is 0 Å². The second-order valence-electron chi connectivity index (χ2n) is 15.3. The van der Waals surface area contributed by atoms with Crippen molar-refractivity contribution in [1.29, 1.82) is 0 Å². The lowest BCUT2D eigenvalue weighted by molar-refractivity contribution is -0.148. The molecule has 2 rings (SSSR count). The number of likely N-dealkylation sites (tertiary alicyclic amines) is 1. The van der Waals surface area contributed by atoms with Crippen LogP contribution in [0.4, 0.5) is 5.69 Å². The minimum atomic E-state index is -0.743. The Balaban J connectivity index is 2.21. The van der Waals surface area contributed by atoms with Gasteiger partial charge in [0, 0.05) is 40.0 Å². The van der Waals surface area contributed by atoms with Gasteiger partial charge in [-0.25, -0.2) is 0 Å². The number of amides is 4. The number of nitrogens with one attached hydrogen (secondary N) is 2. The summed E-state index contributed by atoms with van der Waals surface area (Å²) in [6.45, 7) is 14.8. The minimum absolute atomic E-state index is 0.00320. The molecule has 1 saturated heterocycles. The van der Waals surface area contributed by atoms with Crippen molar-refractivity contribution in [3.05, 3.63) is 29.8 Å². The Kier molecular flexibility index (Phi) is 17.9. The van der Waals surface area contributed by atoms with Gasteiger partial charge in [0.25, 0.3) is 0 Å². The molecular weight excluding hydrogens is 648 g/mol. The van der Waals surface area contributed by atoms with E-state index in [0.717, 1.165) is 24.8 Å². The van der Waals surface area contributed by atoms with Crippen LogP contribution in [0, 0.1) is 23.7 Å². The molecular formula is C39H68N6O6. The van der Waals surface area contributed by atoms with Gasteiger partial charge in [-0.1, -0.05) is 67.0 Å². The van der Waals surface area contributed by atoms with Gasteiger partial charge in [-0.15, -0.1) is 0 Å². The van der Waals surface area contributed by atoms with Crippen molar-refractivity contribution < 1.29 is 28.7 Å². The quantitative estimate of drug-likeness (QED) is 0.174. The Morgan fingerprint density at radius 3 is 2.08 bits per heavy atom. The molecule has 4 N–H and O–H groups in total. The van der Waals surface area contributed by atoms with E-state index >= 15 is 0 Å². The van der Waals surface area contributed by atoms with Crippen molar-refractivity contribution in [2.75, 3.05) is 54.2 Å². The van der Waals surface area contributed by atoms with E-state index in [4.69, 9.17) is 15.2 Å². The molecule has 51 heavy (non-hydrogen) atoms. The average molecular weight is 717 g/mol. The zero-order chi connectivity index (χ0) is 38.6. The number of methoxy groups -OCH3 is 2. The third kappa shape index (κ3) is 11.9. The molecule has 1 heterocycles. The van der Waals surface area contributed by atoms with Crippen LogP contribution in [-0.2, 0) is 35.1 Å². The molecule has 12 heteroatoms. The first-order valence-corrected chi connectivity index (χ1v) is 18.7. The number of benzene rings is 1. The third-order valence-electron chi connectivity index (χ3n) is 10.6. The van der Waals surface area contributed by atoms with E-state index in [9.17, 15) is 19.2 Å². The van der Waals surface area contributed by atoms with Crippen LogP contribution in [0.2, 0.25) is 0 Å². The van der Waals surface area contributed by atoms with Gasteiger partial charge < -0.3 is 35.6 Å². The Labute approximate surface area is 307 Å². The molecule has 0 radical (unpaired) electrons. The molecule has 1 aliphatic rings. The summed E-state index contributed by atoms with van der Waals surface area (Å²) in [6, 6.07) is 5.77. The minimum Gasteiger partial charge on any atom is -0.399 e. The van der Waals surface area contributed by atoms with E-state index in [-0.39, 0.29) is 59.9 Å². The molecule has 1 unspecified atom stereocenters. The van der Waals surface area contributed by atoms with E-state index < -0.39 is 30.2 Å². The number of likely N-dealkylation sites (N-methyl/N-ethyl adjacent to an activating group) is 2. The molecule has 1 aromatic carbocycles. The number of carbonyl (C=O) groups excluding carboxylic acids is 4. The van der Waals surface area contributed by atoms with E-state index in [1.165, 1.54) is 0 Å². The second kappa shape index (κ2) is 20.7. The van der Waals surface area contributed by atoms with Crippen molar-refractivity contribution in [2.24, 2.45) is 23.7 Å². The topological polar surface area (TPSA) is 147 Å². The SMILES string of the molecule is CC[C@H](C)[C@@H]([C@H](CC(=O)N1CCC[C@H]1C(OC)[C@@H](C)C(=O)NCCc1ccc(N)cc1)OC)N(C)C(=O)[C@@H](NC(=O)[C@H](C(C)C)N(C)C)C(C)C. The summed E-state index contributed by atoms with van der Waals surface area (Å²) in [5.74, 6) is -1.21. The van der Waals surface area contributed by atoms with Crippen LogP contribution < -0.4 is 16.4 Å². The summed E-state index contributed by atoms with van der Waals surface area (Å²) < 4.78 is 11.9. The van der Waals surface area contributed by atoms with Gasteiger partial charge in [0.15, 0.2) is 0 Å². The van der Waals surface area contributed by atoms with E-state index in [2.05, 4.69) is 24.5 Å². The third-order valence-corrected chi connectivity index (χ3v) is 10.6. The number of ether oxygens (including phenoxy) is 2. The van der Waals surface area contributed by atoms with Gasteiger partial charge in [-0.3, -0.25) is 24.1 Å². The van der Waals surface area contributed by atoms with Crippen LogP contribution in [0.1, 0.15) is 79.7 Å². The van der Waals surface area contributed by atoms with Gasteiger partial charge in [0.2, 0.25) is 23.6 Å².